The molecular formula is C22H22N4O2S2. The van der Waals surface area contributed by atoms with Crippen molar-refractivity contribution in [1.82, 2.24) is 10.0 Å². The molecule has 0 atom stereocenters. The van der Waals surface area contributed by atoms with E-state index in [1.165, 1.54) is 0 Å². The van der Waals surface area contributed by atoms with Crippen molar-refractivity contribution in [3.63, 3.8) is 0 Å². The van der Waals surface area contributed by atoms with Gasteiger partial charge in [-0.05, 0) is 51.0 Å². The van der Waals surface area contributed by atoms with Gasteiger partial charge in [-0.25, -0.2) is 10.0 Å². The lowest BCUT2D eigenvalue weighted by molar-refractivity contribution is 0.225. The number of ether oxygens (including phenoxy) is 2. The Bertz CT molecular complexity index is 1020. The minimum absolute atomic E-state index is 0.214. The number of hydrazone groups is 2. The Morgan fingerprint density at radius 1 is 0.733 bits per heavy atom. The van der Waals surface area contributed by atoms with Crippen molar-refractivity contribution in [2.45, 2.75) is 27.7 Å². The molecule has 4 rings (SSSR count). The first-order valence-corrected chi connectivity index (χ1v) is 10.4. The van der Waals surface area contributed by atoms with E-state index in [9.17, 15) is 0 Å². The Kier molecular flexibility index (Phi) is 5.53. The molecule has 0 radical (unpaired) electrons. The highest BCUT2D eigenvalue weighted by Crippen LogP contribution is 2.20. The molecule has 2 aliphatic heterocycles. The summed E-state index contributed by atoms with van der Waals surface area (Å²) in [5.74, 6) is 0.600. The van der Waals surface area contributed by atoms with Crippen LogP contribution in [0.3, 0.4) is 0 Å². The van der Waals surface area contributed by atoms with Crippen LogP contribution in [-0.4, -0.2) is 45.3 Å². The van der Waals surface area contributed by atoms with Crippen molar-refractivity contribution >= 4 is 46.2 Å². The molecule has 0 saturated heterocycles. The van der Waals surface area contributed by atoms with Gasteiger partial charge < -0.3 is 9.47 Å². The van der Waals surface area contributed by atoms with Crippen molar-refractivity contribution < 1.29 is 9.47 Å². The van der Waals surface area contributed by atoms with E-state index in [2.05, 4.69) is 46.6 Å². The van der Waals surface area contributed by atoms with Crippen LogP contribution in [0, 0.1) is 27.7 Å². The van der Waals surface area contributed by atoms with E-state index in [0.29, 0.717) is 21.8 Å². The van der Waals surface area contributed by atoms with E-state index >= 15 is 0 Å². The molecule has 0 bridgehead atoms. The molecule has 0 spiro atoms. The highest BCUT2D eigenvalue weighted by atomic mass is 32.1. The number of hydrogen-bond donors (Lipinski definition) is 0. The molecule has 2 heterocycles. The van der Waals surface area contributed by atoms with Gasteiger partial charge in [-0.2, -0.15) is 0 Å². The SMILES string of the molecule is Cc1ccc(C)c(C(=S)N2COC(C3=NN(C(=S)c4cc(C)ccc4C)CO3)=N2)c1. The first-order chi connectivity index (χ1) is 14.3. The summed E-state index contributed by atoms with van der Waals surface area (Å²) in [5, 5.41) is 12.2. The van der Waals surface area contributed by atoms with Gasteiger partial charge in [0.25, 0.3) is 11.8 Å². The van der Waals surface area contributed by atoms with Gasteiger partial charge in [-0.3, -0.25) is 0 Å². The Hall–Kier alpha value is -2.84. The van der Waals surface area contributed by atoms with Crippen LogP contribution >= 0.6 is 24.4 Å². The van der Waals surface area contributed by atoms with E-state index in [4.69, 9.17) is 33.9 Å². The highest BCUT2D eigenvalue weighted by molar-refractivity contribution is 7.81. The Labute approximate surface area is 186 Å². The van der Waals surface area contributed by atoms with Gasteiger partial charge in [0.15, 0.2) is 13.5 Å². The number of aryl methyl sites for hydroxylation is 4. The Morgan fingerprint density at radius 2 is 1.13 bits per heavy atom. The molecule has 2 aromatic carbocycles. The molecule has 2 aromatic rings. The van der Waals surface area contributed by atoms with Crippen molar-refractivity contribution in [3.8, 4) is 0 Å². The second-order valence-corrected chi connectivity index (χ2v) is 8.18. The molecule has 154 valence electrons. The third kappa shape index (κ3) is 3.93. The molecule has 0 aliphatic carbocycles. The quantitative estimate of drug-likeness (QED) is 0.670. The first-order valence-electron chi connectivity index (χ1n) is 9.55. The van der Waals surface area contributed by atoms with Gasteiger partial charge in [0, 0.05) is 11.1 Å². The monoisotopic (exact) mass is 438 g/mol. The van der Waals surface area contributed by atoms with E-state index in [0.717, 1.165) is 33.4 Å². The molecule has 8 heteroatoms. The maximum Gasteiger partial charge on any atom is 0.298 e. The zero-order valence-corrected chi connectivity index (χ0v) is 18.9. The van der Waals surface area contributed by atoms with E-state index < -0.39 is 0 Å². The number of thiocarbonyl (C=S) groups is 2. The summed E-state index contributed by atoms with van der Waals surface area (Å²) in [6.45, 7) is 8.55. The number of nitrogens with zero attached hydrogens (tertiary/aromatic N) is 4. The fourth-order valence-corrected chi connectivity index (χ4v) is 3.83. The molecule has 2 aliphatic rings. The molecule has 0 amide bonds. The second-order valence-electron chi connectivity index (χ2n) is 7.40. The fourth-order valence-electron chi connectivity index (χ4n) is 3.21. The molecule has 0 aromatic heterocycles. The number of rotatable bonds is 3. The third-order valence-corrected chi connectivity index (χ3v) is 5.83. The zero-order valence-electron chi connectivity index (χ0n) is 17.3. The fraction of sp³-hybridized carbons (Fsp3) is 0.273. The average molecular weight is 439 g/mol. The topological polar surface area (TPSA) is 49.7 Å². The lowest BCUT2D eigenvalue weighted by atomic mass is 10.1. The predicted octanol–water partition coefficient (Wildman–Crippen LogP) is 4.18. The smallest absolute Gasteiger partial charge is 0.298 e. The molecule has 30 heavy (non-hydrogen) atoms. The minimum Gasteiger partial charge on any atom is -0.449 e. The summed E-state index contributed by atoms with van der Waals surface area (Å²) in [6.07, 6.45) is 0. The molecule has 0 fully saturated rings. The van der Waals surface area contributed by atoms with E-state index in [-0.39, 0.29) is 13.5 Å². The highest BCUT2D eigenvalue weighted by Gasteiger charge is 2.31. The first kappa shape index (κ1) is 20.4. The summed E-state index contributed by atoms with van der Waals surface area (Å²) >= 11 is 11.3. The van der Waals surface area contributed by atoms with Crippen LogP contribution < -0.4 is 0 Å². The second kappa shape index (κ2) is 8.12. The van der Waals surface area contributed by atoms with Crippen molar-refractivity contribution in [2.24, 2.45) is 10.2 Å². The van der Waals surface area contributed by atoms with Crippen LogP contribution in [0.2, 0.25) is 0 Å². The predicted molar refractivity (Wildman–Crippen MR) is 126 cm³/mol. The Morgan fingerprint density at radius 3 is 1.53 bits per heavy atom. The summed E-state index contributed by atoms with van der Waals surface area (Å²) in [6, 6.07) is 12.3. The van der Waals surface area contributed by atoms with Crippen molar-refractivity contribution in [1.29, 1.82) is 0 Å². The van der Waals surface area contributed by atoms with Gasteiger partial charge in [0.05, 0.1) is 0 Å². The van der Waals surface area contributed by atoms with Gasteiger partial charge >= 0.3 is 0 Å². The summed E-state index contributed by atoms with van der Waals surface area (Å²) in [4.78, 5) is 1.21. The van der Waals surface area contributed by atoms with Crippen LogP contribution in [0.25, 0.3) is 0 Å². The summed E-state index contributed by atoms with van der Waals surface area (Å²) in [7, 11) is 0. The normalized spacial score (nSPS) is 15.5. The maximum absolute atomic E-state index is 5.70. The van der Waals surface area contributed by atoms with Gasteiger partial charge in [0.2, 0.25) is 0 Å². The molecule has 0 N–H and O–H groups in total. The summed E-state index contributed by atoms with van der Waals surface area (Å²) < 4.78 is 11.4. The minimum atomic E-state index is 0.214. The van der Waals surface area contributed by atoms with Crippen molar-refractivity contribution in [3.05, 3.63) is 69.8 Å². The van der Waals surface area contributed by atoms with Crippen LogP contribution in [0.4, 0.5) is 0 Å². The average Bonchev–Trinajstić information content (AvgIpc) is 3.40. The Balaban J connectivity index is 1.52. The maximum atomic E-state index is 5.70. The van der Waals surface area contributed by atoms with Crippen LogP contribution in [0.15, 0.2) is 46.6 Å². The molecule has 6 nitrogen and oxygen atoms in total. The molecule has 0 saturated carbocycles. The van der Waals surface area contributed by atoms with Crippen LogP contribution in [0.1, 0.15) is 33.4 Å². The lowest BCUT2D eigenvalue weighted by Crippen LogP contribution is -2.23. The molecule has 0 unspecified atom stereocenters. The number of hydrogen-bond acceptors (Lipinski definition) is 6. The van der Waals surface area contributed by atoms with E-state index in [1.807, 2.05) is 27.7 Å². The van der Waals surface area contributed by atoms with Crippen molar-refractivity contribution in [2.75, 3.05) is 13.5 Å². The van der Waals surface area contributed by atoms with E-state index in [1.54, 1.807) is 10.0 Å². The third-order valence-electron chi connectivity index (χ3n) is 4.97. The van der Waals surface area contributed by atoms with Gasteiger partial charge in [-0.15, -0.1) is 10.2 Å². The van der Waals surface area contributed by atoms with Crippen LogP contribution in [-0.2, 0) is 9.47 Å². The largest absolute Gasteiger partial charge is 0.449 e. The zero-order chi connectivity index (χ0) is 21.4. The number of benzene rings is 2. The van der Waals surface area contributed by atoms with Gasteiger partial charge in [0.1, 0.15) is 9.98 Å². The van der Waals surface area contributed by atoms with Crippen LogP contribution in [0.5, 0.6) is 0 Å². The lowest BCUT2D eigenvalue weighted by Gasteiger charge is -2.15. The van der Waals surface area contributed by atoms with Gasteiger partial charge in [-0.1, -0.05) is 59.8 Å². The standard InChI is InChI=1S/C22H22N4O2S2/c1-13-5-7-15(3)17(9-13)21(29)25-11-27-19(23-25)20-24-26(12-28-20)22(30)18-10-14(2)6-8-16(18)4/h5-10H,11-12H2,1-4H3. The molecular weight excluding hydrogens is 416 g/mol. The summed E-state index contributed by atoms with van der Waals surface area (Å²) in [5.41, 5.74) is 6.39.